The van der Waals surface area contributed by atoms with Crippen molar-refractivity contribution < 1.29 is 0 Å². The van der Waals surface area contributed by atoms with Crippen LogP contribution in [0.15, 0.2) is 35.3 Å². The highest BCUT2D eigenvalue weighted by Gasteiger charge is 2.02. The lowest BCUT2D eigenvalue weighted by Gasteiger charge is -2.05. The van der Waals surface area contributed by atoms with Crippen LogP contribution in [0.25, 0.3) is 10.9 Å². The van der Waals surface area contributed by atoms with Crippen LogP contribution in [0.4, 0.5) is 5.69 Å². The molecule has 0 saturated heterocycles. The van der Waals surface area contributed by atoms with Gasteiger partial charge in [-0.25, -0.2) is 0 Å². The predicted molar refractivity (Wildman–Crippen MR) is 53.6 cm³/mol. The van der Waals surface area contributed by atoms with Gasteiger partial charge in [-0.2, -0.15) is 0 Å². The highest BCUT2D eigenvalue weighted by Crippen LogP contribution is 2.10. The Morgan fingerprint density at radius 2 is 2.00 bits per heavy atom. The van der Waals surface area contributed by atoms with E-state index < -0.39 is 0 Å². The summed E-state index contributed by atoms with van der Waals surface area (Å²) in [4.78, 5) is 11.5. The Balaban J connectivity index is 3.06. The van der Waals surface area contributed by atoms with Crippen molar-refractivity contribution in [1.82, 2.24) is 4.57 Å². The molecule has 0 aliphatic rings. The third-order valence-electron chi connectivity index (χ3n) is 2.12. The number of anilines is 1. The average molecular weight is 174 g/mol. The molecule has 1 aromatic heterocycles. The van der Waals surface area contributed by atoms with E-state index in [9.17, 15) is 4.79 Å². The largest absolute Gasteiger partial charge is 0.394 e. The molecule has 0 aliphatic carbocycles. The number of aryl methyl sites for hydroxylation is 1. The first-order valence-corrected chi connectivity index (χ1v) is 4.04. The molecule has 66 valence electrons. The Morgan fingerprint density at radius 3 is 2.77 bits per heavy atom. The van der Waals surface area contributed by atoms with E-state index in [1.54, 1.807) is 12.3 Å². The van der Waals surface area contributed by atoms with Gasteiger partial charge in [-0.1, -0.05) is 12.1 Å². The second-order valence-corrected chi connectivity index (χ2v) is 3.04. The van der Waals surface area contributed by atoms with Crippen molar-refractivity contribution in [3.05, 3.63) is 40.7 Å². The van der Waals surface area contributed by atoms with E-state index in [-0.39, 0.29) is 5.43 Å². The highest BCUT2D eigenvalue weighted by atomic mass is 16.1. The molecule has 0 aliphatic heterocycles. The van der Waals surface area contributed by atoms with Gasteiger partial charge in [0.05, 0.1) is 11.2 Å². The molecule has 1 heterocycles. The fraction of sp³-hybridized carbons (Fsp3) is 0.100. The maximum absolute atomic E-state index is 11.5. The summed E-state index contributed by atoms with van der Waals surface area (Å²) in [6, 6.07) is 7.42. The molecule has 13 heavy (non-hydrogen) atoms. The number of nitrogens with zero attached hydrogens (tertiary/aromatic N) is 1. The van der Waals surface area contributed by atoms with Crippen molar-refractivity contribution in [3.63, 3.8) is 0 Å². The minimum atomic E-state index is -0.0892. The zero-order valence-electron chi connectivity index (χ0n) is 7.32. The van der Waals surface area contributed by atoms with E-state index >= 15 is 0 Å². The fourth-order valence-electron chi connectivity index (χ4n) is 1.47. The number of hydrogen-bond donors (Lipinski definition) is 1. The van der Waals surface area contributed by atoms with E-state index in [4.69, 9.17) is 5.73 Å². The molecule has 2 rings (SSSR count). The number of nitrogen functional groups attached to an aromatic ring is 1. The van der Waals surface area contributed by atoms with Crippen LogP contribution in [0.2, 0.25) is 0 Å². The fourth-order valence-corrected chi connectivity index (χ4v) is 1.47. The molecule has 2 N–H and O–H groups in total. The second-order valence-electron chi connectivity index (χ2n) is 3.04. The molecular weight excluding hydrogens is 164 g/mol. The molecule has 0 saturated carbocycles. The third-order valence-corrected chi connectivity index (χ3v) is 2.12. The number of pyridine rings is 1. The predicted octanol–water partition coefficient (Wildman–Crippen LogP) is 1.12. The van der Waals surface area contributed by atoms with Gasteiger partial charge in [-0.15, -0.1) is 0 Å². The summed E-state index contributed by atoms with van der Waals surface area (Å²) in [5.41, 5.74) is 6.66. The van der Waals surface area contributed by atoms with Gasteiger partial charge < -0.3 is 10.3 Å². The molecule has 0 fully saturated rings. The molecule has 0 bridgehead atoms. The standard InChI is InChI=1S/C10H10N2O/c1-12-6-8(11)10(13)7-4-2-3-5-9(7)12/h2-6H,11H2,1H3. The molecule has 2 aromatic rings. The van der Waals surface area contributed by atoms with Crippen LogP contribution in [0.3, 0.4) is 0 Å². The molecule has 3 nitrogen and oxygen atoms in total. The van der Waals surface area contributed by atoms with Gasteiger partial charge in [-0.3, -0.25) is 4.79 Å². The van der Waals surface area contributed by atoms with Gasteiger partial charge in [-0.05, 0) is 12.1 Å². The lowest BCUT2D eigenvalue weighted by Crippen LogP contribution is -2.11. The van der Waals surface area contributed by atoms with Crippen molar-refractivity contribution >= 4 is 16.6 Å². The van der Waals surface area contributed by atoms with E-state index in [1.165, 1.54) is 0 Å². The zero-order valence-corrected chi connectivity index (χ0v) is 7.32. The summed E-state index contributed by atoms with van der Waals surface area (Å²) < 4.78 is 1.85. The van der Waals surface area contributed by atoms with Crippen LogP contribution in [0.1, 0.15) is 0 Å². The third kappa shape index (κ3) is 1.09. The Morgan fingerprint density at radius 1 is 1.31 bits per heavy atom. The zero-order chi connectivity index (χ0) is 9.42. The van der Waals surface area contributed by atoms with Crippen molar-refractivity contribution in [2.45, 2.75) is 0 Å². The van der Waals surface area contributed by atoms with Gasteiger partial charge in [0, 0.05) is 18.6 Å². The summed E-state index contributed by atoms with van der Waals surface area (Å²) in [5, 5.41) is 0.671. The average Bonchev–Trinajstić information content (AvgIpc) is 2.15. The minimum Gasteiger partial charge on any atom is -0.394 e. The number of para-hydroxylation sites is 1. The normalized spacial score (nSPS) is 10.5. The van der Waals surface area contributed by atoms with Crippen molar-refractivity contribution in [3.8, 4) is 0 Å². The van der Waals surface area contributed by atoms with Crippen LogP contribution < -0.4 is 11.2 Å². The summed E-state index contributed by atoms with van der Waals surface area (Å²) in [5.74, 6) is 0. The van der Waals surface area contributed by atoms with Crippen molar-refractivity contribution in [2.24, 2.45) is 7.05 Å². The SMILES string of the molecule is Cn1cc(N)c(=O)c2ccccc21. The lowest BCUT2D eigenvalue weighted by molar-refractivity contribution is 0.953. The molecule has 0 spiro atoms. The van der Waals surface area contributed by atoms with Gasteiger partial charge >= 0.3 is 0 Å². The summed E-state index contributed by atoms with van der Waals surface area (Å²) in [7, 11) is 1.87. The van der Waals surface area contributed by atoms with E-state index in [2.05, 4.69) is 0 Å². The topological polar surface area (TPSA) is 48.0 Å². The van der Waals surface area contributed by atoms with E-state index in [0.29, 0.717) is 11.1 Å². The van der Waals surface area contributed by atoms with E-state index in [0.717, 1.165) is 5.52 Å². The molecule has 3 heteroatoms. The molecule has 1 aromatic carbocycles. The van der Waals surface area contributed by atoms with Gasteiger partial charge in [0.2, 0.25) is 5.43 Å². The first-order chi connectivity index (χ1) is 6.20. The van der Waals surface area contributed by atoms with Crippen LogP contribution in [-0.4, -0.2) is 4.57 Å². The van der Waals surface area contributed by atoms with Crippen LogP contribution in [-0.2, 0) is 7.05 Å². The quantitative estimate of drug-likeness (QED) is 0.650. The lowest BCUT2D eigenvalue weighted by atomic mass is 10.2. The second kappa shape index (κ2) is 2.62. The maximum Gasteiger partial charge on any atom is 0.212 e. The first kappa shape index (κ1) is 7.86. The van der Waals surface area contributed by atoms with Gasteiger partial charge in [0.15, 0.2) is 0 Å². The molecule has 0 radical (unpaired) electrons. The van der Waals surface area contributed by atoms with Crippen LogP contribution >= 0.6 is 0 Å². The number of fused-ring (bicyclic) bond motifs is 1. The molecular formula is C10H10N2O. The van der Waals surface area contributed by atoms with Gasteiger partial charge in [0.1, 0.15) is 0 Å². The number of aromatic nitrogens is 1. The number of nitrogens with two attached hydrogens (primary N) is 1. The van der Waals surface area contributed by atoms with Gasteiger partial charge in [0.25, 0.3) is 0 Å². The van der Waals surface area contributed by atoms with Crippen molar-refractivity contribution in [2.75, 3.05) is 5.73 Å². The summed E-state index contributed by atoms with van der Waals surface area (Å²) >= 11 is 0. The van der Waals surface area contributed by atoms with Crippen molar-refractivity contribution in [1.29, 1.82) is 0 Å². The Bertz CT molecular complexity index is 514. The number of benzene rings is 1. The Labute approximate surface area is 75.4 Å². The number of rotatable bonds is 0. The Kier molecular flexibility index (Phi) is 1.59. The minimum absolute atomic E-state index is 0.0892. The highest BCUT2D eigenvalue weighted by molar-refractivity contribution is 5.81. The van der Waals surface area contributed by atoms with Crippen LogP contribution in [0.5, 0.6) is 0 Å². The first-order valence-electron chi connectivity index (χ1n) is 4.04. The van der Waals surface area contributed by atoms with Crippen LogP contribution in [0, 0.1) is 0 Å². The molecule has 0 unspecified atom stereocenters. The maximum atomic E-state index is 11.5. The molecule has 0 atom stereocenters. The summed E-state index contributed by atoms with van der Waals surface area (Å²) in [6.07, 6.45) is 1.64. The smallest absolute Gasteiger partial charge is 0.212 e. The Hall–Kier alpha value is -1.77. The number of hydrogen-bond acceptors (Lipinski definition) is 2. The molecule has 0 amide bonds. The van der Waals surface area contributed by atoms with E-state index in [1.807, 2.05) is 29.8 Å². The summed E-state index contributed by atoms with van der Waals surface area (Å²) in [6.45, 7) is 0. The monoisotopic (exact) mass is 174 g/mol.